The molecule has 2 rings (SSSR count). The highest BCUT2D eigenvalue weighted by Gasteiger charge is 2.32. The zero-order valence-corrected chi connectivity index (χ0v) is 13.3. The Hall–Kier alpha value is -1.26. The molecule has 2 unspecified atom stereocenters. The third-order valence-electron chi connectivity index (χ3n) is 4.33. The van der Waals surface area contributed by atoms with Gasteiger partial charge >= 0.3 is 0 Å². The lowest BCUT2D eigenvalue weighted by atomic mass is 9.79. The predicted molar refractivity (Wildman–Crippen MR) is 83.8 cm³/mol. The fourth-order valence-corrected chi connectivity index (χ4v) is 3.22. The van der Waals surface area contributed by atoms with Crippen molar-refractivity contribution in [1.29, 1.82) is 0 Å². The van der Waals surface area contributed by atoms with E-state index in [1.165, 1.54) is 6.42 Å². The van der Waals surface area contributed by atoms with Crippen LogP contribution in [0.15, 0.2) is 18.2 Å². The minimum absolute atomic E-state index is 0.558. The molecule has 2 atom stereocenters. The molecule has 1 aromatic carbocycles. The summed E-state index contributed by atoms with van der Waals surface area (Å²) in [6, 6.07) is 5.81. The zero-order chi connectivity index (χ0) is 15.3. The van der Waals surface area contributed by atoms with E-state index in [-0.39, 0.29) is 0 Å². The van der Waals surface area contributed by atoms with Crippen LogP contribution in [0.1, 0.15) is 38.2 Å². The summed E-state index contributed by atoms with van der Waals surface area (Å²) in [4.78, 5) is 0. The number of rotatable bonds is 6. The molecule has 0 heterocycles. The van der Waals surface area contributed by atoms with Crippen LogP contribution < -0.4 is 14.8 Å². The second-order valence-electron chi connectivity index (χ2n) is 6.21. The summed E-state index contributed by atoms with van der Waals surface area (Å²) in [6.07, 6.45) is 4.13. The third kappa shape index (κ3) is 4.35. The average Bonchev–Trinajstić information content (AvgIpc) is 2.47. The largest absolute Gasteiger partial charge is 0.497 e. The lowest BCUT2D eigenvalue weighted by Crippen LogP contribution is -2.43. The second kappa shape index (κ2) is 7.14. The molecule has 118 valence electrons. The van der Waals surface area contributed by atoms with Gasteiger partial charge in [-0.1, -0.05) is 25.8 Å². The molecular weight excluding hydrogens is 266 g/mol. The Kier molecular flexibility index (Phi) is 5.48. The quantitative estimate of drug-likeness (QED) is 0.847. The summed E-state index contributed by atoms with van der Waals surface area (Å²) in [7, 11) is 3.31. The smallest absolute Gasteiger partial charge is 0.127 e. The highest BCUT2D eigenvalue weighted by atomic mass is 16.5. The summed E-state index contributed by atoms with van der Waals surface area (Å²) < 4.78 is 10.6. The van der Waals surface area contributed by atoms with Gasteiger partial charge in [0.25, 0.3) is 0 Å². The van der Waals surface area contributed by atoms with Crippen LogP contribution >= 0.6 is 0 Å². The van der Waals surface area contributed by atoms with Gasteiger partial charge < -0.3 is 19.9 Å². The average molecular weight is 293 g/mol. The predicted octanol–water partition coefficient (Wildman–Crippen LogP) is 2.73. The first-order valence-corrected chi connectivity index (χ1v) is 7.70. The van der Waals surface area contributed by atoms with E-state index in [4.69, 9.17) is 9.47 Å². The van der Waals surface area contributed by atoms with Gasteiger partial charge in [-0.25, -0.2) is 0 Å². The number of hydrogen-bond donors (Lipinski definition) is 2. The first-order chi connectivity index (χ1) is 10.1. The van der Waals surface area contributed by atoms with Gasteiger partial charge in [0.2, 0.25) is 0 Å². The van der Waals surface area contributed by atoms with Gasteiger partial charge in [-0.05, 0) is 24.8 Å². The van der Waals surface area contributed by atoms with Crippen LogP contribution in [0.5, 0.6) is 11.5 Å². The van der Waals surface area contributed by atoms with Gasteiger partial charge in [-0.15, -0.1) is 0 Å². The Morgan fingerprint density at radius 2 is 2.14 bits per heavy atom. The van der Waals surface area contributed by atoms with Crippen LogP contribution in [0.3, 0.4) is 0 Å². The van der Waals surface area contributed by atoms with Crippen LogP contribution in [-0.4, -0.2) is 31.5 Å². The molecule has 4 nitrogen and oxygen atoms in total. The van der Waals surface area contributed by atoms with E-state index in [0.29, 0.717) is 19.0 Å². The van der Waals surface area contributed by atoms with Gasteiger partial charge in [-0.2, -0.15) is 0 Å². The lowest BCUT2D eigenvalue weighted by molar-refractivity contribution is -0.0119. The van der Waals surface area contributed by atoms with Crippen LogP contribution in [0.25, 0.3) is 0 Å². The molecule has 0 spiro atoms. The SMILES string of the molecule is COc1ccc(CNCC2(O)CCCC(C)C2)c(OC)c1. The molecule has 1 saturated carbocycles. The van der Waals surface area contributed by atoms with E-state index in [9.17, 15) is 5.11 Å². The lowest BCUT2D eigenvalue weighted by Gasteiger charge is -2.35. The summed E-state index contributed by atoms with van der Waals surface area (Å²) in [5.74, 6) is 2.21. The Morgan fingerprint density at radius 1 is 1.33 bits per heavy atom. The number of aliphatic hydroxyl groups is 1. The van der Waals surface area contributed by atoms with Gasteiger partial charge in [0, 0.05) is 24.7 Å². The maximum atomic E-state index is 10.6. The van der Waals surface area contributed by atoms with Gasteiger partial charge in [0.05, 0.1) is 19.8 Å². The van der Waals surface area contributed by atoms with Crippen molar-refractivity contribution in [2.45, 2.75) is 44.8 Å². The molecule has 1 fully saturated rings. The van der Waals surface area contributed by atoms with Crippen molar-refractivity contribution in [2.24, 2.45) is 5.92 Å². The molecule has 0 aromatic heterocycles. The fraction of sp³-hybridized carbons (Fsp3) is 0.647. The normalized spacial score (nSPS) is 25.6. The van der Waals surface area contributed by atoms with E-state index < -0.39 is 5.60 Å². The molecule has 0 saturated heterocycles. The summed E-state index contributed by atoms with van der Waals surface area (Å²) in [5, 5.41) is 14.0. The molecule has 0 amide bonds. The molecule has 0 bridgehead atoms. The topological polar surface area (TPSA) is 50.7 Å². The van der Waals surface area contributed by atoms with Gasteiger partial charge in [-0.3, -0.25) is 0 Å². The zero-order valence-electron chi connectivity index (χ0n) is 13.3. The van der Waals surface area contributed by atoms with Crippen molar-refractivity contribution in [1.82, 2.24) is 5.32 Å². The monoisotopic (exact) mass is 293 g/mol. The number of benzene rings is 1. The molecule has 1 aliphatic rings. The van der Waals surface area contributed by atoms with Crippen molar-refractivity contribution >= 4 is 0 Å². The first-order valence-electron chi connectivity index (χ1n) is 7.70. The van der Waals surface area contributed by atoms with Crippen LogP contribution in [0.2, 0.25) is 0 Å². The van der Waals surface area contributed by atoms with E-state index in [0.717, 1.165) is 36.3 Å². The van der Waals surface area contributed by atoms with E-state index in [1.807, 2.05) is 18.2 Å². The van der Waals surface area contributed by atoms with Crippen molar-refractivity contribution < 1.29 is 14.6 Å². The number of methoxy groups -OCH3 is 2. The third-order valence-corrected chi connectivity index (χ3v) is 4.33. The molecule has 4 heteroatoms. The number of ether oxygens (including phenoxy) is 2. The molecule has 0 aliphatic heterocycles. The Labute approximate surface area is 127 Å². The fourth-order valence-electron chi connectivity index (χ4n) is 3.22. The van der Waals surface area contributed by atoms with Crippen LogP contribution in [0, 0.1) is 5.92 Å². The second-order valence-corrected chi connectivity index (χ2v) is 6.21. The summed E-state index contributed by atoms with van der Waals surface area (Å²) in [6.45, 7) is 3.53. The Balaban J connectivity index is 1.91. The van der Waals surface area contributed by atoms with E-state index in [2.05, 4.69) is 12.2 Å². The van der Waals surface area contributed by atoms with Crippen LogP contribution in [-0.2, 0) is 6.54 Å². The first kappa shape index (κ1) is 16.1. The molecule has 0 radical (unpaired) electrons. The molecule has 1 aromatic rings. The Morgan fingerprint density at radius 3 is 2.81 bits per heavy atom. The molecular formula is C17H27NO3. The van der Waals surface area contributed by atoms with E-state index >= 15 is 0 Å². The molecule has 1 aliphatic carbocycles. The summed E-state index contributed by atoms with van der Waals surface area (Å²) in [5.41, 5.74) is 0.517. The highest BCUT2D eigenvalue weighted by molar-refractivity contribution is 5.40. The van der Waals surface area contributed by atoms with E-state index in [1.54, 1.807) is 14.2 Å². The maximum Gasteiger partial charge on any atom is 0.127 e. The summed E-state index contributed by atoms with van der Waals surface area (Å²) >= 11 is 0. The Bertz CT molecular complexity index is 463. The minimum Gasteiger partial charge on any atom is -0.497 e. The number of nitrogens with one attached hydrogen (secondary N) is 1. The van der Waals surface area contributed by atoms with Crippen molar-refractivity contribution in [3.63, 3.8) is 0 Å². The molecule has 2 N–H and O–H groups in total. The standard InChI is InChI=1S/C17H27NO3/c1-13-5-4-8-17(19,10-13)12-18-11-14-6-7-15(20-2)9-16(14)21-3/h6-7,9,13,18-19H,4-5,8,10-12H2,1-3H3. The van der Waals surface area contributed by atoms with Crippen molar-refractivity contribution in [3.8, 4) is 11.5 Å². The van der Waals surface area contributed by atoms with Gasteiger partial charge in [0.1, 0.15) is 11.5 Å². The minimum atomic E-state index is -0.558. The van der Waals surface area contributed by atoms with Gasteiger partial charge in [0.15, 0.2) is 0 Å². The van der Waals surface area contributed by atoms with Crippen LogP contribution in [0.4, 0.5) is 0 Å². The maximum absolute atomic E-state index is 10.6. The van der Waals surface area contributed by atoms with Crippen molar-refractivity contribution in [3.05, 3.63) is 23.8 Å². The number of hydrogen-bond acceptors (Lipinski definition) is 4. The highest BCUT2D eigenvalue weighted by Crippen LogP contribution is 2.32. The molecule has 21 heavy (non-hydrogen) atoms. The van der Waals surface area contributed by atoms with Crippen molar-refractivity contribution in [2.75, 3.05) is 20.8 Å².